The predicted molar refractivity (Wildman–Crippen MR) is 82.5 cm³/mol. The maximum atomic E-state index is 12.1. The third-order valence-electron chi connectivity index (χ3n) is 3.95. The van der Waals surface area contributed by atoms with Gasteiger partial charge in [0.25, 0.3) is 0 Å². The van der Waals surface area contributed by atoms with Crippen LogP contribution in [0.4, 0.5) is 5.69 Å². The Kier molecular flexibility index (Phi) is 4.88. The first-order valence-electron chi connectivity index (χ1n) is 6.84. The number of nitrogens with one attached hydrogen (secondary N) is 1. The number of carbonyl (C=O) groups is 2. The van der Waals surface area contributed by atoms with E-state index in [1.807, 2.05) is 0 Å². The lowest BCUT2D eigenvalue weighted by molar-refractivity contribution is -0.150. The zero-order chi connectivity index (χ0) is 15.5. The van der Waals surface area contributed by atoms with Crippen LogP contribution in [0.15, 0.2) is 22.7 Å². The molecule has 1 aliphatic rings. The maximum Gasteiger partial charge on any atom is 0.310 e. The number of hydrogen-bond donors (Lipinski definition) is 2. The number of carbonyl (C=O) groups excluding carboxylic acids is 1. The van der Waals surface area contributed by atoms with Crippen LogP contribution in [0.3, 0.4) is 0 Å². The molecule has 0 heterocycles. The van der Waals surface area contributed by atoms with Gasteiger partial charge in [-0.25, -0.2) is 0 Å². The molecule has 1 fully saturated rings. The lowest BCUT2D eigenvalue weighted by Gasteiger charge is -2.22. The number of carboxylic acid groups (broad SMARTS) is 1. The van der Waals surface area contributed by atoms with E-state index in [0.717, 1.165) is 17.3 Å². The third-order valence-corrected chi connectivity index (χ3v) is 4.60. The van der Waals surface area contributed by atoms with E-state index in [0.29, 0.717) is 24.3 Å². The van der Waals surface area contributed by atoms with Crippen molar-refractivity contribution in [1.82, 2.24) is 0 Å². The Morgan fingerprint density at radius 3 is 2.62 bits per heavy atom. The van der Waals surface area contributed by atoms with E-state index in [4.69, 9.17) is 4.74 Å². The summed E-state index contributed by atoms with van der Waals surface area (Å²) in [5.41, 5.74) is -0.303. The van der Waals surface area contributed by atoms with Crippen LogP contribution >= 0.6 is 15.9 Å². The summed E-state index contributed by atoms with van der Waals surface area (Å²) >= 11 is 3.34. The second kappa shape index (κ2) is 6.47. The molecule has 0 saturated heterocycles. The molecule has 2 N–H and O–H groups in total. The van der Waals surface area contributed by atoms with Gasteiger partial charge in [-0.2, -0.15) is 0 Å². The van der Waals surface area contributed by atoms with Gasteiger partial charge in [0.2, 0.25) is 5.91 Å². The molecule has 0 radical (unpaired) electrons. The van der Waals surface area contributed by atoms with Gasteiger partial charge in [0.05, 0.1) is 17.0 Å². The first-order chi connectivity index (χ1) is 9.97. The second-order valence-corrected chi connectivity index (χ2v) is 6.22. The van der Waals surface area contributed by atoms with Crippen molar-refractivity contribution < 1.29 is 19.4 Å². The molecule has 2 rings (SSSR count). The van der Waals surface area contributed by atoms with Crippen molar-refractivity contribution in [3.05, 3.63) is 22.7 Å². The van der Waals surface area contributed by atoms with Gasteiger partial charge >= 0.3 is 5.97 Å². The minimum absolute atomic E-state index is 0.0146. The van der Waals surface area contributed by atoms with E-state index >= 15 is 0 Å². The second-order valence-electron chi connectivity index (χ2n) is 5.37. The van der Waals surface area contributed by atoms with Gasteiger partial charge in [-0.1, -0.05) is 12.8 Å². The summed E-state index contributed by atoms with van der Waals surface area (Å²) in [5.74, 6) is -0.533. The molecule has 0 spiro atoms. The number of rotatable bonds is 5. The molecule has 5 nitrogen and oxygen atoms in total. The zero-order valence-corrected chi connectivity index (χ0v) is 13.4. The fourth-order valence-corrected chi connectivity index (χ4v) is 3.18. The summed E-state index contributed by atoms with van der Waals surface area (Å²) in [6.45, 7) is 0. The average Bonchev–Trinajstić information content (AvgIpc) is 2.90. The number of anilines is 1. The first kappa shape index (κ1) is 15.8. The summed E-state index contributed by atoms with van der Waals surface area (Å²) < 4.78 is 5.96. The normalized spacial score (nSPS) is 16.5. The van der Waals surface area contributed by atoms with Crippen LogP contribution in [0.1, 0.15) is 32.1 Å². The van der Waals surface area contributed by atoms with Crippen molar-refractivity contribution in [2.24, 2.45) is 5.41 Å². The Morgan fingerprint density at radius 2 is 2.05 bits per heavy atom. The molecule has 1 aromatic carbocycles. The van der Waals surface area contributed by atoms with Gasteiger partial charge in [0, 0.05) is 18.2 Å². The summed E-state index contributed by atoms with van der Waals surface area (Å²) in [7, 11) is 1.55. The minimum atomic E-state index is -0.899. The van der Waals surface area contributed by atoms with Crippen LogP contribution in [0.2, 0.25) is 0 Å². The Bertz CT molecular complexity index is 553. The Balaban J connectivity index is 2.06. The van der Waals surface area contributed by atoms with Crippen molar-refractivity contribution in [2.45, 2.75) is 32.1 Å². The fourth-order valence-electron chi connectivity index (χ4n) is 2.77. The van der Waals surface area contributed by atoms with Gasteiger partial charge < -0.3 is 15.2 Å². The number of ether oxygens (including phenoxy) is 1. The topological polar surface area (TPSA) is 75.6 Å². The molecule has 1 aromatic rings. The highest BCUT2D eigenvalue weighted by Crippen LogP contribution is 2.41. The van der Waals surface area contributed by atoms with Crippen LogP contribution < -0.4 is 10.1 Å². The van der Waals surface area contributed by atoms with Gasteiger partial charge in [0.15, 0.2) is 0 Å². The van der Waals surface area contributed by atoms with E-state index in [2.05, 4.69) is 21.2 Å². The molecule has 21 heavy (non-hydrogen) atoms. The maximum absolute atomic E-state index is 12.1. The molecular weight excluding hydrogens is 338 g/mol. The molecule has 0 aromatic heterocycles. The van der Waals surface area contributed by atoms with Crippen LogP contribution in [0.25, 0.3) is 0 Å². The molecule has 0 atom stereocenters. The summed E-state index contributed by atoms with van der Waals surface area (Å²) in [4.78, 5) is 23.6. The largest absolute Gasteiger partial charge is 0.495 e. The number of methoxy groups -OCH3 is 1. The standard InChI is InChI=1S/C15H18BrNO4/c1-21-12-8-10(4-5-11(12)16)17-13(18)9-15(14(19)20)6-2-3-7-15/h4-5,8H,2-3,6-7,9H2,1H3,(H,17,18)(H,19,20). The number of halogens is 1. The third kappa shape index (κ3) is 3.56. The average molecular weight is 356 g/mol. The van der Waals surface area contributed by atoms with E-state index in [9.17, 15) is 14.7 Å². The number of amides is 1. The lowest BCUT2D eigenvalue weighted by atomic mass is 9.82. The molecule has 1 saturated carbocycles. The molecule has 6 heteroatoms. The highest BCUT2D eigenvalue weighted by molar-refractivity contribution is 9.10. The minimum Gasteiger partial charge on any atom is -0.495 e. The SMILES string of the molecule is COc1cc(NC(=O)CC2(C(=O)O)CCCC2)ccc1Br. The van der Waals surface area contributed by atoms with Gasteiger partial charge in [-0.15, -0.1) is 0 Å². The Morgan fingerprint density at radius 1 is 1.38 bits per heavy atom. The molecule has 114 valence electrons. The number of hydrogen-bond acceptors (Lipinski definition) is 3. The van der Waals surface area contributed by atoms with Crippen molar-refractivity contribution in [2.75, 3.05) is 12.4 Å². The van der Waals surface area contributed by atoms with Crippen LogP contribution in [0, 0.1) is 5.41 Å². The van der Waals surface area contributed by atoms with E-state index in [1.54, 1.807) is 25.3 Å². The molecule has 1 aliphatic carbocycles. The summed E-state index contributed by atoms with van der Waals surface area (Å²) in [6.07, 6.45) is 2.89. The predicted octanol–water partition coefficient (Wildman–Crippen LogP) is 3.43. The van der Waals surface area contributed by atoms with E-state index in [1.165, 1.54) is 0 Å². The number of aliphatic carboxylic acids is 1. The monoisotopic (exact) mass is 355 g/mol. The van der Waals surface area contributed by atoms with Crippen LogP contribution in [0.5, 0.6) is 5.75 Å². The lowest BCUT2D eigenvalue weighted by Crippen LogP contribution is -2.32. The van der Waals surface area contributed by atoms with Crippen LogP contribution in [-0.2, 0) is 9.59 Å². The zero-order valence-electron chi connectivity index (χ0n) is 11.8. The smallest absolute Gasteiger partial charge is 0.310 e. The summed E-state index contributed by atoms with van der Waals surface area (Å²) in [6, 6.07) is 5.22. The molecule has 0 bridgehead atoms. The van der Waals surface area contributed by atoms with Crippen molar-refractivity contribution in [3.63, 3.8) is 0 Å². The quantitative estimate of drug-likeness (QED) is 0.848. The molecule has 1 amide bonds. The van der Waals surface area contributed by atoms with Crippen molar-refractivity contribution in [1.29, 1.82) is 0 Å². The molecule has 0 unspecified atom stereocenters. The van der Waals surface area contributed by atoms with Gasteiger partial charge in [-0.3, -0.25) is 9.59 Å². The number of benzene rings is 1. The fraction of sp³-hybridized carbons (Fsp3) is 0.467. The molecular formula is C15H18BrNO4. The molecule has 0 aliphatic heterocycles. The first-order valence-corrected chi connectivity index (χ1v) is 7.63. The highest BCUT2D eigenvalue weighted by atomic mass is 79.9. The van der Waals surface area contributed by atoms with Crippen LogP contribution in [-0.4, -0.2) is 24.1 Å². The number of carboxylic acids is 1. The highest BCUT2D eigenvalue weighted by Gasteiger charge is 2.42. The Hall–Kier alpha value is -1.56. The van der Waals surface area contributed by atoms with E-state index < -0.39 is 11.4 Å². The van der Waals surface area contributed by atoms with Gasteiger partial charge in [0.1, 0.15) is 5.75 Å². The van der Waals surface area contributed by atoms with E-state index in [-0.39, 0.29) is 12.3 Å². The van der Waals surface area contributed by atoms with Gasteiger partial charge in [-0.05, 0) is 40.9 Å². The van der Waals surface area contributed by atoms with Crippen molar-refractivity contribution in [3.8, 4) is 5.75 Å². The Labute approximate surface area is 131 Å². The van der Waals surface area contributed by atoms with Crippen molar-refractivity contribution >= 4 is 33.5 Å². The summed E-state index contributed by atoms with van der Waals surface area (Å²) in [5, 5.41) is 12.1.